The highest BCUT2D eigenvalue weighted by Crippen LogP contribution is 2.66. The first-order valence-corrected chi connectivity index (χ1v) is 11.0. The number of morpholine rings is 1. The zero-order chi connectivity index (χ0) is 19.4. The summed E-state index contributed by atoms with van der Waals surface area (Å²) in [5.41, 5.74) is 0.0779. The standard InChI is InChI=1S/C19H27NO6S/c1-18(2)13-6-7-19(18,3)15(12-13)26-17(21)14-4-5-16(25-14)27(22,23)20-8-10-24-11-9-20/h4-5,13,15H,6-12H2,1-3H3/t13-,15+,19-/m0/s1. The van der Waals surface area contributed by atoms with E-state index in [4.69, 9.17) is 13.9 Å². The number of furan rings is 1. The smallest absolute Gasteiger partial charge is 0.374 e. The Balaban J connectivity index is 1.48. The van der Waals surface area contributed by atoms with Crippen molar-refractivity contribution in [2.45, 2.75) is 51.2 Å². The molecule has 1 aliphatic heterocycles. The quantitative estimate of drug-likeness (QED) is 0.726. The maximum atomic E-state index is 12.6. The van der Waals surface area contributed by atoms with Crippen molar-refractivity contribution in [3.8, 4) is 0 Å². The Morgan fingerprint density at radius 2 is 1.93 bits per heavy atom. The zero-order valence-corrected chi connectivity index (χ0v) is 16.9. The van der Waals surface area contributed by atoms with Gasteiger partial charge in [-0.25, -0.2) is 13.2 Å². The third-order valence-electron chi connectivity index (χ3n) is 7.31. The third kappa shape index (κ3) is 2.84. The van der Waals surface area contributed by atoms with Crippen LogP contribution in [0.2, 0.25) is 0 Å². The Labute approximate surface area is 160 Å². The van der Waals surface area contributed by atoms with Crippen molar-refractivity contribution in [3.05, 3.63) is 17.9 Å². The van der Waals surface area contributed by atoms with Crippen LogP contribution in [0.15, 0.2) is 21.6 Å². The van der Waals surface area contributed by atoms with Crippen LogP contribution in [-0.4, -0.2) is 51.1 Å². The van der Waals surface area contributed by atoms with E-state index in [-0.39, 0.29) is 40.9 Å². The third-order valence-corrected chi connectivity index (χ3v) is 9.08. The highest BCUT2D eigenvalue weighted by molar-refractivity contribution is 7.89. The van der Waals surface area contributed by atoms with Crippen LogP contribution in [-0.2, 0) is 19.5 Å². The van der Waals surface area contributed by atoms with Crippen molar-refractivity contribution in [1.82, 2.24) is 4.31 Å². The fourth-order valence-corrected chi connectivity index (χ4v) is 6.30. The van der Waals surface area contributed by atoms with Gasteiger partial charge in [0.2, 0.25) is 10.9 Å². The highest BCUT2D eigenvalue weighted by Gasteiger charge is 2.63. The molecule has 1 saturated heterocycles. The Morgan fingerprint density at radius 1 is 1.22 bits per heavy atom. The van der Waals surface area contributed by atoms with E-state index >= 15 is 0 Å². The Morgan fingerprint density at radius 3 is 2.52 bits per heavy atom. The molecule has 1 aromatic rings. The number of carbonyl (C=O) groups is 1. The lowest BCUT2D eigenvalue weighted by atomic mass is 9.70. The molecule has 3 atom stereocenters. The Bertz CT molecular complexity index is 838. The molecular weight excluding hydrogens is 370 g/mol. The van der Waals surface area contributed by atoms with Crippen molar-refractivity contribution in [3.63, 3.8) is 0 Å². The molecule has 0 N–H and O–H groups in total. The molecule has 2 bridgehead atoms. The summed E-state index contributed by atoms with van der Waals surface area (Å²) in [5.74, 6) is -0.104. The summed E-state index contributed by atoms with van der Waals surface area (Å²) in [4.78, 5) is 12.6. The number of sulfonamides is 1. The van der Waals surface area contributed by atoms with Crippen molar-refractivity contribution >= 4 is 16.0 Å². The largest absolute Gasteiger partial charge is 0.456 e. The van der Waals surface area contributed by atoms with Gasteiger partial charge in [0.05, 0.1) is 13.2 Å². The summed E-state index contributed by atoms with van der Waals surface area (Å²) < 4.78 is 42.9. The number of fused-ring (bicyclic) bond motifs is 2. The summed E-state index contributed by atoms with van der Waals surface area (Å²) in [6.07, 6.45) is 2.90. The second kappa shape index (κ2) is 6.32. The molecular formula is C19H27NO6S. The fourth-order valence-electron chi connectivity index (χ4n) is 4.98. The molecule has 8 heteroatoms. The molecule has 2 saturated carbocycles. The number of ether oxygens (including phenoxy) is 2. The van der Waals surface area contributed by atoms with Gasteiger partial charge in [0.15, 0.2) is 0 Å². The molecule has 0 amide bonds. The molecule has 0 aromatic carbocycles. The summed E-state index contributed by atoms with van der Waals surface area (Å²) in [6.45, 7) is 7.95. The van der Waals surface area contributed by atoms with E-state index in [1.54, 1.807) is 0 Å². The highest BCUT2D eigenvalue weighted by atomic mass is 32.2. The molecule has 2 heterocycles. The first kappa shape index (κ1) is 19.0. The van der Waals surface area contributed by atoms with Gasteiger partial charge in [0.1, 0.15) is 6.10 Å². The summed E-state index contributed by atoms with van der Waals surface area (Å²) >= 11 is 0. The van der Waals surface area contributed by atoms with Gasteiger partial charge in [0.25, 0.3) is 10.0 Å². The lowest BCUT2D eigenvalue weighted by molar-refractivity contribution is -0.0268. The molecule has 150 valence electrons. The minimum Gasteiger partial charge on any atom is -0.456 e. The van der Waals surface area contributed by atoms with Gasteiger partial charge in [-0.15, -0.1) is 0 Å². The van der Waals surface area contributed by atoms with E-state index in [2.05, 4.69) is 20.8 Å². The monoisotopic (exact) mass is 397 g/mol. The van der Waals surface area contributed by atoms with Crippen LogP contribution < -0.4 is 0 Å². The number of rotatable bonds is 4. The van der Waals surface area contributed by atoms with E-state index in [0.717, 1.165) is 12.8 Å². The summed E-state index contributed by atoms with van der Waals surface area (Å²) in [5, 5.41) is -0.226. The van der Waals surface area contributed by atoms with Gasteiger partial charge in [-0.1, -0.05) is 20.8 Å². The molecule has 3 fully saturated rings. The number of nitrogens with zero attached hydrogens (tertiary/aromatic N) is 1. The number of hydrogen-bond acceptors (Lipinski definition) is 6. The molecule has 2 aliphatic carbocycles. The average Bonchev–Trinajstić information content (AvgIpc) is 3.27. The van der Waals surface area contributed by atoms with Crippen LogP contribution in [0, 0.1) is 16.7 Å². The van der Waals surface area contributed by atoms with Crippen LogP contribution in [0.5, 0.6) is 0 Å². The Kier molecular flexibility index (Phi) is 4.44. The average molecular weight is 397 g/mol. The first-order valence-electron chi connectivity index (χ1n) is 9.55. The van der Waals surface area contributed by atoms with E-state index < -0.39 is 16.0 Å². The zero-order valence-electron chi connectivity index (χ0n) is 16.1. The van der Waals surface area contributed by atoms with E-state index in [9.17, 15) is 13.2 Å². The molecule has 27 heavy (non-hydrogen) atoms. The van der Waals surface area contributed by atoms with Crippen molar-refractivity contribution < 1.29 is 27.1 Å². The van der Waals surface area contributed by atoms with Crippen LogP contribution in [0.3, 0.4) is 0 Å². The second-order valence-corrected chi connectivity index (χ2v) is 10.5. The van der Waals surface area contributed by atoms with Crippen LogP contribution >= 0.6 is 0 Å². The fraction of sp³-hybridized carbons (Fsp3) is 0.737. The van der Waals surface area contributed by atoms with E-state index in [0.29, 0.717) is 19.1 Å². The molecule has 0 radical (unpaired) electrons. The van der Waals surface area contributed by atoms with Crippen LogP contribution in [0.25, 0.3) is 0 Å². The van der Waals surface area contributed by atoms with Gasteiger partial charge in [0, 0.05) is 18.5 Å². The predicted molar refractivity (Wildman–Crippen MR) is 96.7 cm³/mol. The lowest BCUT2D eigenvalue weighted by Gasteiger charge is -2.38. The van der Waals surface area contributed by atoms with Crippen LogP contribution in [0.4, 0.5) is 0 Å². The second-order valence-electron chi connectivity index (χ2n) is 8.64. The van der Waals surface area contributed by atoms with Crippen molar-refractivity contribution in [1.29, 1.82) is 0 Å². The normalized spacial score (nSPS) is 33.3. The molecule has 0 unspecified atom stereocenters. The number of carbonyl (C=O) groups excluding carboxylic acids is 1. The van der Waals surface area contributed by atoms with Gasteiger partial charge < -0.3 is 13.9 Å². The van der Waals surface area contributed by atoms with Gasteiger partial charge >= 0.3 is 5.97 Å². The molecule has 7 nitrogen and oxygen atoms in total. The molecule has 0 spiro atoms. The minimum atomic E-state index is -3.76. The van der Waals surface area contributed by atoms with Crippen LogP contribution in [0.1, 0.15) is 50.6 Å². The summed E-state index contributed by atoms with van der Waals surface area (Å²) in [7, 11) is -3.76. The SMILES string of the molecule is CC1(C)[C@H]2CC[C@@]1(C)[C@H](OC(=O)c1ccc(S(=O)(=O)N3CCOCC3)o1)C2. The molecule has 3 aliphatic rings. The van der Waals surface area contributed by atoms with Gasteiger partial charge in [-0.05, 0) is 42.7 Å². The van der Waals surface area contributed by atoms with Crippen molar-refractivity contribution in [2.24, 2.45) is 16.7 Å². The lowest BCUT2D eigenvalue weighted by Crippen LogP contribution is -2.40. The number of hydrogen-bond donors (Lipinski definition) is 0. The van der Waals surface area contributed by atoms with Crippen molar-refractivity contribution in [2.75, 3.05) is 26.3 Å². The molecule has 1 aromatic heterocycles. The van der Waals surface area contributed by atoms with E-state index in [1.165, 1.54) is 22.9 Å². The summed E-state index contributed by atoms with van der Waals surface area (Å²) in [6, 6.07) is 2.71. The minimum absolute atomic E-state index is 0.0529. The Hall–Kier alpha value is -1.38. The molecule has 4 rings (SSSR count). The van der Waals surface area contributed by atoms with E-state index in [1.807, 2.05) is 0 Å². The first-order chi connectivity index (χ1) is 12.7. The maximum Gasteiger partial charge on any atom is 0.374 e. The predicted octanol–water partition coefficient (Wildman–Crippen LogP) is 2.67. The maximum absolute atomic E-state index is 12.6. The topological polar surface area (TPSA) is 86.1 Å². The van der Waals surface area contributed by atoms with Gasteiger partial charge in [-0.3, -0.25) is 0 Å². The number of esters is 1. The van der Waals surface area contributed by atoms with Gasteiger partial charge in [-0.2, -0.15) is 4.31 Å².